The van der Waals surface area contributed by atoms with E-state index in [9.17, 15) is 0 Å². The first kappa shape index (κ1) is 8.25. The molecule has 0 aliphatic rings. The fraction of sp³-hybridized carbons (Fsp3) is 0.400. The Morgan fingerprint density at radius 3 is 2.36 bits per heavy atom. The Hall–Kier alpha value is -0.850. The SMILES string of the molecule is C[CH]c1c(C)cc(C)nc1C. The molecule has 1 heterocycles. The summed E-state index contributed by atoms with van der Waals surface area (Å²) in [4.78, 5) is 4.37. The Labute approximate surface area is 68.5 Å². The topological polar surface area (TPSA) is 12.9 Å². The van der Waals surface area contributed by atoms with Crippen molar-refractivity contribution in [2.24, 2.45) is 0 Å². The van der Waals surface area contributed by atoms with Gasteiger partial charge in [-0.05, 0) is 44.4 Å². The lowest BCUT2D eigenvalue weighted by Gasteiger charge is -2.06. The zero-order valence-electron chi connectivity index (χ0n) is 7.60. The highest BCUT2D eigenvalue weighted by Gasteiger charge is 2.01. The molecule has 1 heteroatoms. The van der Waals surface area contributed by atoms with Crippen LogP contribution in [0.3, 0.4) is 0 Å². The van der Waals surface area contributed by atoms with E-state index in [-0.39, 0.29) is 0 Å². The predicted octanol–water partition coefficient (Wildman–Crippen LogP) is 2.58. The molecule has 1 aromatic heterocycles. The van der Waals surface area contributed by atoms with Gasteiger partial charge in [0.05, 0.1) is 0 Å². The van der Waals surface area contributed by atoms with Gasteiger partial charge in [0.25, 0.3) is 0 Å². The summed E-state index contributed by atoms with van der Waals surface area (Å²) in [7, 11) is 0. The van der Waals surface area contributed by atoms with Crippen LogP contribution in [-0.4, -0.2) is 4.98 Å². The van der Waals surface area contributed by atoms with Crippen LogP contribution in [0.15, 0.2) is 6.07 Å². The molecule has 0 fully saturated rings. The first-order chi connectivity index (χ1) is 5.15. The van der Waals surface area contributed by atoms with Gasteiger partial charge in [0, 0.05) is 11.4 Å². The summed E-state index contributed by atoms with van der Waals surface area (Å²) in [5, 5.41) is 0. The van der Waals surface area contributed by atoms with Crippen LogP contribution in [0.1, 0.15) is 29.4 Å². The fourth-order valence-electron chi connectivity index (χ4n) is 1.47. The molecule has 0 aliphatic carbocycles. The first-order valence-corrected chi connectivity index (χ1v) is 3.89. The number of aryl methyl sites for hydroxylation is 3. The summed E-state index contributed by atoms with van der Waals surface area (Å²) >= 11 is 0. The normalized spacial score (nSPS) is 10.2. The van der Waals surface area contributed by atoms with Crippen molar-refractivity contribution in [3.05, 3.63) is 35.0 Å². The Morgan fingerprint density at radius 2 is 1.91 bits per heavy atom. The summed E-state index contributed by atoms with van der Waals surface area (Å²) < 4.78 is 0. The summed E-state index contributed by atoms with van der Waals surface area (Å²) in [6, 6.07) is 2.11. The van der Waals surface area contributed by atoms with Crippen molar-refractivity contribution >= 4 is 0 Å². The van der Waals surface area contributed by atoms with Crippen LogP contribution in [0.4, 0.5) is 0 Å². The largest absolute Gasteiger partial charge is 0.258 e. The van der Waals surface area contributed by atoms with Gasteiger partial charge in [0.1, 0.15) is 0 Å². The van der Waals surface area contributed by atoms with Crippen molar-refractivity contribution in [2.75, 3.05) is 0 Å². The maximum Gasteiger partial charge on any atom is 0.0413 e. The quantitative estimate of drug-likeness (QED) is 0.596. The van der Waals surface area contributed by atoms with E-state index >= 15 is 0 Å². The second-order valence-electron chi connectivity index (χ2n) is 2.87. The van der Waals surface area contributed by atoms with E-state index in [4.69, 9.17) is 0 Å². The average molecular weight is 148 g/mol. The van der Waals surface area contributed by atoms with Gasteiger partial charge in [-0.1, -0.05) is 6.92 Å². The molecular weight excluding hydrogens is 134 g/mol. The lowest BCUT2D eigenvalue weighted by Crippen LogP contribution is -1.95. The fourth-order valence-corrected chi connectivity index (χ4v) is 1.47. The number of hydrogen-bond acceptors (Lipinski definition) is 1. The highest BCUT2D eigenvalue weighted by atomic mass is 14.7. The van der Waals surface area contributed by atoms with Crippen LogP contribution in [0, 0.1) is 27.2 Å². The van der Waals surface area contributed by atoms with Crippen molar-refractivity contribution in [3.63, 3.8) is 0 Å². The van der Waals surface area contributed by atoms with E-state index in [1.54, 1.807) is 0 Å². The van der Waals surface area contributed by atoms with E-state index in [2.05, 4.69) is 31.3 Å². The molecule has 0 saturated heterocycles. The van der Waals surface area contributed by atoms with Gasteiger partial charge >= 0.3 is 0 Å². The van der Waals surface area contributed by atoms with Crippen LogP contribution in [0.25, 0.3) is 0 Å². The van der Waals surface area contributed by atoms with Gasteiger partial charge in [0.15, 0.2) is 0 Å². The number of aromatic nitrogens is 1. The lowest BCUT2D eigenvalue weighted by molar-refractivity contribution is 1.07. The predicted molar refractivity (Wildman–Crippen MR) is 47.5 cm³/mol. The van der Waals surface area contributed by atoms with Crippen molar-refractivity contribution in [1.82, 2.24) is 4.98 Å². The van der Waals surface area contributed by atoms with Crippen LogP contribution in [-0.2, 0) is 0 Å². The maximum atomic E-state index is 4.37. The smallest absolute Gasteiger partial charge is 0.0413 e. The molecule has 0 unspecified atom stereocenters. The highest BCUT2D eigenvalue weighted by molar-refractivity contribution is 5.35. The van der Waals surface area contributed by atoms with Crippen LogP contribution in [0.2, 0.25) is 0 Å². The van der Waals surface area contributed by atoms with Crippen LogP contribution >= 0.6 is 0 Å². The third-order valence-electron chi connectivity index (χ3n) is 1.87. The van der Waals surface area contributed by atoms with E-state index in [1.807, 2.05) is 13.8 Å². The Kier molecular flexibility index (Phi) is 2.28. The lowest BCUT2D eigenvalue weighted by atomic mass is 10.1. The minimum absolute atomic E-state index is 1.10. The average Bonchev–Trinajstić information content (AvgIpc) is 1.85. The summed E-state index contributed by atoms with van der Waals surface area (Å²) in [5.41, 5.74) is 4.82. The van der Waals surface area contributed by atoms with Gasteiger partial charge in [-0.2, -0.15) is 0 Å². The number of pyridine rings is 1. The van der Waals surface area contributed by atoms with E-state index in [0.29, 0.717) is 0 Å². The first-order valence-electron chi connectivity index (χ1n) is 3.89. The second kappa shape index (κ2) is 3.04. The third kappa shape index (κ3) is 1.59. The number of hydrogen-bond donors (Lipinski definition) is 0. The van der Waals surface area contributed by atoms with Gasteiger partial charge in [0.2, 0.25) is 0 Å². The molecule has 0 aliphatic heterocycles. The Bertz CT molecular complexity index is 241. The standard InChI is InChI=1S/C10H14N/c1-5-10-7(2)6-8(3)11-9(10)4/h5-6H,1-4H3. The molecule has 0 amide bonds. The zero-order valence-corrected chi connectivity index (χ0v) is 7.60. The molecule has 0 N–H and O–H groups in total. The van der Waals surface area contributed by atoms with Gasteiger partial charge in [-0.25, -0.2) is 0 Å². The molecule has 0 spiro atoms. The van der Waals surface area contributed by atoms with Crippen LogP contribution < -0.4 is 0 Å². The molecule has 0 atom stereocenters. The second-order valence-corrected chi connectivity index (χ2v) is 2.87. The summed E-state index contributed by atoms with van der Waals surface area (Å²) in [6.07, 6.45) is 2.11. The van der Waals surface area contributed by atoms with E-state index < -0.39 is 0 Å². The molecule has 1 nitrogen and oxygen atoms in total. The van der Waals surface area contributed by atoms with Crippen LogP contribution in [0.5, 0.6) is 0 Å². The highest BCUT2D eigenvalue weighted by Crippen LogP contribution is 2.14. The van der Waals surface area contributed by atoms with Gasteiger partial charge in [-0.3, -0.25) is 4.98 Å². The molecule has 0 aromatic carbocycles. The Balaban J connectivity index is 3.25. The van der Waals surface area contributed by atoms with E-state index in [0.717, 1.165) is 11.4 Å². The monoisotopic (exact) mass is 148 g/mol. The number of nitrogens with zero attached hydrogens (tertiary/aromatic N) is 1. The molecule has 1 radical (unpaired) electrons. The van der Waals surface area contributed by atoms with E-state index in [1.165, 1.54) is 11.1 Å². The minimum atomic E-state index is 1.10. The molecule has 59 valence electrons. The summed E-state index contributed by atoms with van der Waals surface area (Å²) in [5.74, 6) is 0. The molecule has 1 rings (SSSR count). The molecule has 11 heavy (non-hydrogen) atoms. The Morgan fingerprint density at radius 1 is 1.27 bits per heavy atom. The minimum Gasteiger partial charge on any atom is -0.258 e. The third-order valence-corrected chi connectivity index (χ3v) is 1.87. The maximum absolute atomic E-state index is 4.37. The van der Waals surface area contributed by atoms with Crippen molar-refractivity contribution in [1.29, 1.82) is 0 Å². The molecule has 1 aromatic rings. The van der Waals surface area contributed by atoms with Crippen molar-refractivity contribution in [3.8, 4) is 0 Å². The van der Waals surface area contributed by atoms with Crippen molar-refractivity contribution < 1.29 is 0 Å². The van der Waals surface area contributed by atoms with Crippen molar-refractivity contribution in [2.45, 2.75) is 27.7 Å². The van der Waals surface area contributed by atoms with Gasteiger partial charge in [-0.15, -0.1) is 0 Å². The molecule has 0 bridgehead atoms. The number of rotatable bonds is 1. The van der Waals surface area contributed by atoms with Gasteiger partial charge < -0.3 is 0 Å². The molecular formula is C10H14N. The summed E-state index contributed by atoms with van der Waals surface area (Å²) in [6.45, 7) is 8.25. The zero-order chi connectivity index (χ0) is 8.43. The molecule has 0 saturated carbocycles.